The van der Waals surface area contributed by atoms with E-state index in [1.54, 1.807) is 7.11 Å². The Balaban J connectivity index is 1.95. The van der Waals surface area contributed by atoms with Gasteiger partial charge in [0.05, 0.1) is 25.2 Å². The van der Waals surface area contributed by atoms with Crippen LogP contribution in [0.1, 0.15) is 19.8 Å². The number of esters is 1. The number of methoxy groups -OCH3 is 1. The van der Waals surface area contributed by atoms with Crippen LogP contribution in [0.2, 0.25) is 5.02 Å². The van der Waals surface area contributed by atoms with Crippen LogP contribution in [0, 0.1) is 5.92 Å². The Kier molecular flexibility index (Phi) is 5.12. The maximum absolute atomic E-state index is 11.5. The van der Waals surface area contributed by atoms with E-state index >= 15 is 0 Å². The van der Waals surface area contributed by atoms with Crippen LogP contribution in [0.5, 0.6) is 5.75 Å². The number of carbonyl (C=O) groups excluding carboxylic acids is 1. The second-order valence-corrected chi connectivity index (χ2v) is 5.34. The van der Waals surface area contributed by atoms with Gasteiger partial charge in [0.2, 0.25) is 0 Å². The van der Waals surface area contributed by atoms with Crippen molar-refractivity contribution >= 4 is 23.3 Å². The minimum atomic E-state index is -0.105. The second kappa shape index (κ2) is 6.84. The topological polar surface area (TPSA) is 38.8 Å². The lowest BCUT2D eigenvalue weighted by molar-refractivity contribution is -0.144. The lowest BCUT2D eigenvalue weighted by atomic mass is 10.1. The molecular weight excluding hydrogens is 278 g/mol. The quantitative estimate of drug-likeness (QED) is 0.783. The average Bonchev–Trinajstić information content (AvgIpc) is 2.87. The first-order valence-electron chi connectivity index (χ1n) is 6.88. The van der Waals surface area contributed by atoms with E-state index in [-0.39, 0.29) is 5.97 Å². The number of halogens is 1. The van der Waals surface area contributed by atoms with Crippen LogP contribution in [-0.4, -0.2) is 32.8 Å². The molecule has 0 N–H and O–H groups in total. The van der Waals surface area contributed by atoms with E-state index in [1.807, 2.05) is 25.1 Å². The molecule has 0 bridgehead atoms. The maximum atomic E-state index is 11.5. The number of carbonyl (C=O) groups is 1. The fraction of sp³-hybridized carbons (Fsp3) is 0.533. The smallest absolute Gasteiger partial charge is 0.306 e. The molecule has 0 aliphatic carbocycles. The summed E-state index contributed by atoms with van der Waals surface area (Å²) in [6.45, 7) is 4.08. The van der Waals surface area contributed by atoms with Crippen LogP contribution in [0.25, 0.3) is 0 Å². The van der Waals surface area contributed by atoms with E-state index in [0.29, 0.717) is 29.7 Å². The molecule has 110 valence electrons. The monoisotopic (exact) mass is 297 g/mol. The van der Waals surface area contributed by atoms with Crippen molar-refractivity contribution in [2.24, 2.45) is 5.92 Å². The Morgan fingerprint density at radius 1 is 1.50 bits per heavy atom. The van der Waals surface area contributed by atoms with Gasteiger partial charge in [0.25, 0.3) is 0 Å². The van der Waals surface area contributed by atoms with Gasteiger partial charge in [-0.3, -0.25) is 4.79 Å². The van der Waals surface area contributed by atoms with E-state index in [1.165, 1.54) is 0 Å². The number of nitrogens with zero attached hydrogens (tertiary/aromatic N) is 1. The SMILES string of the molecule is CCOC(=O)CC1CCN(c2ccc(OC)c(Cl)c2)C1. The summed E-state index contributed by atoms with van der Waals surface area (Å²) in [5, 5.41) is 0.610. The molecule has 0 amide bonds. The predicted molar refractivity (Wildman–Crippen MR) is 79.6 cm³/mol. The summed E-state index contributed by atoms with van der Waals surface area (Å²) in [5.41, 5.74) is 1.07. The number of benzene rings is 1. The highest BCUT2D eigenvalue weighted by Crippen LogP contribution is 2.32. The normalized spacial score (nSPS) is 18.1. The van der Waals surface area contributed by atoms with E-state index < -0.39 is 0 Å². The molecule has 2 rings (SSSR count). The Labute approximate surface area is 124 Å². The van der Waals surface area contributed by atoms with E-state index in [0.717, 1.165) is 25.2 Å². The number of rotatable bonds is 5. The third kappa shape index (κ3) is 3.57. The highest BCUT2D eigenvalue weighted by molar-refractivity contribution is 6.32. The molecule has 0 spiro atoms. The summed E-state index contributed by atoms with van der Waals surface area (Å²) in [7, 11) is 1.60. The van der Waals surface area contributed by atoms with Crippen molar-refractivity contribution in [3.05, 3.63) is 23.2 Å². The molecule has 0 radical (unpaired) electrons. The van der Waals surface area contributed by atoms with Gasteiger partial charge in [0.1, 0.15) is 5.75 Å². The summed E-state index contributed by atoms with van der Waals surface area (Å²) >= 11 is 6.14. The fourth-order valence-corrected chi connectivity index (χ4v) is 2.79. The van der Waals surface area contributed by atoms with Crippen LogP contribution in [0.15, 0.2) is 18.2 Å². The molecule has 4 nitrogen and oxygen atoms in total. The summed E-state index contributed by atoms with van der Waals surface area (Å²) in [5.74, 6) is 0.930. The van der Waals surface area contributed by atoms with E-state index in [9.17, 15) is 4.79 Å². The minimum Gasteiger partial charge on any atom is -0.495 e. The highest BCUT2D eigenvalue weighted by Gasteiger charge is 2.25. The lowest BCUT2D eigenvalue weighted by Gasteiger charge is -2.19. The van der Waals surface area contributed by atoms with Gasteiger partial charge in [-0.2, -0.15) is 0 Å². The molecule has 1 aliphatic heterocycles. The zero-order valence-corrected chi connectivity index (χ0v) is 12.7. The van der Waals surface area contributed by atoms with E-state index in [4.69, 9.17) is 21.1 Å². The number of anilines is 1. The first-order valence-corrected chi connectivity index (χ1v) is 7.26. The zero-order valence-electron chi connectivity index (χ0n) is 11.9. The largest absolute Gasteiger partial charge is 0.495 e. The molecule has 1 aromatic carbocycles. The summed E-state index contributed by atoms with van der Waals surface area (Å²) in [4.78, 5) is 13.7. The Morgan fingerprint density at radius 2 is 2.30 bits per heavy atom. The van der Waals surface area contributed by atoms with Gasteiger partial charge < -0.3 is 14.4 Å². The third-order valence-corrected chi connectivity index (χ3v) is 3.84. The van der Waals surface area contributed by atoms with Crippen molar-refractivity contribution in [3.8, 4) is 5.75 Å². The van der Waals surface area contributed by atoms with Gasteiger partial charge in [-0.15, -0.1) is 0 Å². The first kappa shape index (κ1) is 15.0. The van der Waals surface area contributed by atoms with Crippen molar-refractivity contribution in [2.75, 3.05) is 31.7 Å². The van der Waals surface area contributed by atoms with Crippen molar-refractivity contribution in [3.63, 3.8) is 0 Å². The number of hydrogen-bond acceptors (Lipinski definition) is 4. The first-order chi connectivity index (χ1) is 9.63. The van der Waals surface area contributed by atoms with Gasteiger partial charge in [-0.25, -0.2) is 0 Å². The highest BCUT2D eigenvalue weighted by atomic mass is 35.5. The summed E-state index contributed by atoms with van der Waals surface area (Å²) in [6, 6.07) is 5.78. The molecule has 5 heteroatoms. The molecule has 1 aromatic rings. The Morgan fingerprint density at radius 3 is 2.95 bits per heavy atom. The number of ether oxygens (including phenoxy) is 2. The van der Waals surface area contributed by atoms with Crippen LogP contribution in [0.4, 0.5) is 5.69 Å². The van der Waals surface area contributed by atoms with Crippen LogP contribution in [-0.2, 0) is 9.53 Å². The molecule has 1 saturated heterocycles. The third-order valence-electron chi connectivity index (χ3n) is 3.55. The van der Waals surface area contributed by atoms with Gasteiger partial charge in [-0.05, 0) is 37.5 Å². The van der Waals surface area contributed by atoms with Crippen molar-refractivity contribution < 1.29 is 14.3 Å². The van der Waals surface area contributed by atoms with Gasteiger partial charge in [0, 0.05) is 18.8 Å². The average molecular weight is 298 g/mol. The molecule has 1 atom stereocenters. The predicted octanol–water partition coefficient (Wildman–Crippen LogP) is 3.13. The van der Waals surface area contributed by atoms with Crippen molar-refractivity contribution in [2.45, 2.75) is 19.8 Å². The molecule has 20 heavy (non-hydrogen) atoms. The zero-order chi connectivity index (χ0) is 14.5. The van der Waals surface area contributed by atoms with Gasteiger partial charge in [-0.1, -0.05) is 11.6 Å². The summed E-state index contributed by atoms with van der Waals surface area (Å²) < 4.78 is 10.2. The molecule has 0 saturated carbocycles. The van der Waals surface area contributed by atoms with Gasteiger partial charge >= 0.3 is 5.97 Å². The second-order valence-electron chi connectivity index (χ2n) is 4.93. The standard InChI is InChI=1S/C15H20ClNO3/c1-3-20-15(18)8-11-6-7-17(10-11)12-4-5-14(19-2)13(16)9-12/h4-5,9,11H,3,6-8,10H2,1-2H3. The Bertz CT molecular complexity index is 478. The van der Waals surface area contributed by atoms with Gasteiger partial charge in [0.15, 0.2) is 0 Å². The molecule has 1 aliphatic rings. The van der Waals surface area contributed by atoms with Crippen molar-refractivity contribution in [1.29, 1.82) is 0 Å². The molecule has 1 unspecified atom stereocenters. The molecule has 1 heterocycles. The van der Waals surface area contributed by atoms with Crippen LogP contribution >= 0.6 is 11.6 Å². The molecule has 1 fully saturated rings. The lowest BCUT2D eigenvalue weighted by Crippen LogP contribution is -2.20. The number of hydrogen-bond donors (Lipinski definition) is 0. The Hall–Kier alpha value is -1.42. The maximum Gasteiger partial charge on any atom is 0.306 e. The summed E-state index contributed by atoms with van der Waals surface area (Å²) in [6.07, 6.45) is 1.50. The minimum absolute atomic E-state index is 0.105. The van der Waals surface area contributed by atoms with Crippen LogP contribution in [0.3, 0.4) is 0 Å². The van der Waals surface area contributed by atoms with Crippen molar-refractivity contribution in [1.82, 2.24) is 0 Å². The fourth-order valence-electron chi connectivity index (χ4n) is 2.54. The van der Waals surface area contributed by atoms with E-state index in [2.05, 4.69) is 4.90 Å². The van der Waals surface area contributed by atoms with Crippen LogP contribution < -0.4 is 9.64 Å². The molecule has 0 aromatic heterocycles. The molecular formula is C15H20ClNO3.